The SMILES string of the molecule is COC(=O)CCc1ccc(C#Cc2ccc(S(=O)(=O)N[C@H]3CC[C@H](C(=O)N4CCOC[C@@H]4C4CC4)CC3)cc2N)cc1. The number of morpholine rings is 1. The summed E-state index contributed by atoms with van der Waals surface area (Å²) in [6, 6.07) is 12.1. The van der Waals surface area contributed by atoms with E-state index < -0.39 is 10.0 Å². The molecule has 1 atom stereocenters. The van der Waals surface area contributed by atoms with Gasteiger partial charge in [0.25, 0.3) is 0 Å². The summed E-state index contributed by atoms with van der Waals surface area (Å²) in [5, 5.41) is 0. The Kier molecular flexibility index (Phi) is 9.51. The van der Waals surface area contributed by atoms with Crippen molar-refractivity contribution in [1.82, 2.24) is 9.62 Å². The Bertz CT molecular complexity index is 1450. The maximum absolute atomic E-state index is 13.3. The van der Waals surface area contributed by atoms with Gasteiger partial charge in [-0.2, -0.15) is 0 Å². The maximum atomic E-state index is 13.3. The standard InChI is InChI=1S/C32H39N3O6S/c1-40-31(36)17-7-23-4-2-22(3-5-23)6-8-24-13-16-28(20-29(24)33)42(38,39)34-27-14-11-26(12-15-27)32(37)35-18-19-41-21-30(35)25-9-10-25/h2-5,13,16,20,25-27,30,34H,7,9-12,14-15,17-19,21,33H2,1H3/t26-,27-,30-/m1/s1. The Morgan fingerprint density at radius 1 is 1.05 bits per heavy atom. The predicted octanol–water partition coefficient (Wildman–Crippen LogP) is 3.25. The number of sulfonamides is 1. The number of anilines is 1. The van der Waals surface area contributed by atoms with Crippen molar-refractivity contribution in [2.75, 3.05) is 32.6 Å². The monoisotopic (exact) mass is 593 g/mol. The van der Waals surface area contributed by atoms with Crippen molar-refractivity contribution < 1.29 is 27.5 Å². The third-order valence-corrected chi connectivity index (χ3v) is 10.0. The molecule has 42 heavy (non-hydrogen) atoms. The summed E-state index contributed by atoms with van der Waals surface area (Å²) >= 11 is 0. The van der Waals surface area contributed by atoms with Crippen molar-refractivity contribution >= 4 is 27.6 Å². The molecule has 2 aromatic rings. The first kappa shape index (κ1) is 30.1. The molecular weight excluding hydrogens is 554 g/mol. The average molecular weight is 594 g/mol. The van der Waals surface area contributed by atoms with Crippen LogP contribution in [0.3, 0.4) is 0 Å². The zero-order valence-electron chi connectivity index (χ0n) is 24.0. The number of hydrogen-bond acceptors (Lipinski definition) is 7. The molecule has 2 saturated carbocycles. The first-order valence-electron chi connectivity index (χ1n) is 14.7. The highest BCUT2D eigenvalue weighted by atomic mass is 32.2. The highest BCUT2D eigenvalue weighted by molar-refractivity contribution is 7.89. The normalized spacial score (nSPS) is 22.6. The molecule has 1 saturated heterocycles. The molecule has 1 heterocycles. The molecule has 224 valence electrons. The van der Waals surface area contributed by atoms with Gasteiger partial charge >= 0.3 is 5.97 Å². The lowest BCUT2D eigenvalue weighted by Gasteiger charge is -2.39. The van der Waals surface area contributed by atoms with Gasteiger partial charge in [-0.25, -0.2) is 13.1 Å². The van der Waals surface area contributed by atoms with Crippen LogP contribution < -0.4 is 10.5 Å². The third kappa shape index (κ3) is 7.51. The molecule has 0 spiro atoms. The average Bonchev–Trinajstić information content (AvgIpc) is 3.85. The number of hydrogen-bond donors (Lipinski definition) is 2. The number of benzene rings is 2. The zero-order chi connectivity index (χ0) is 29.7. The van der Waals surface area contributed by atoms with Gasteiger partial charge in [0.15, 0.2) is 0 Å². The van der Waals surface area contributed by atoms with E-state index in [1.807, 2.05) is 29.2 Å². The number of carbonyl (C=O) groups is 2. The van der Waals surface area contributed by atoms with E-state index >= 15 is 0 Å². The summed E-state index contributed by atoms with van der Waals surface area (Å²) in [4.78, 5) is 26.7. The van der Waals surface area contributed by atoms with Gasteiger partial charge in [0.05, 0.1) is 31.3 Å². The number of methoxy groups -OCH3 is 1. The number of nitrogens with zero attached hydrogens (tertiary/aromatic N) is 1. The van der Waals surface area contributed by atoms with Gasteiger partial charge < -0.3 is 20.1 Å². The van der Waals surface area contributed by atoms with Gasteiger partial charge in [-0.15, -0.1) is 0 Å². The minimum absolute atomic E-state index is 0.0605. The molecule has 3 aliphatic rings. The molecule has 0 radical (unpaired) electrons. The first-order chi connectivity index (χ1) is 20.2. The van der Waals surface area contributed by atoms with E-state index in [-0.39, 0.29) is 40.5 Å². The van der Waals surface area contributed by atoms with E-state index in [1.54, 1.807) is 6.07 Å². The fourth-order valence-electron chi connectivity index (χ4n) is 5.81. The molecule has 1 aliphatic heterocycles. The zero-order valence-corrected chi connectivity index (χ0v) is 24.8. The summed E-state index contributed by atoms with van der Waals surface area (Å²) in [5.41, 5.74) is 8.79. The Morgan fingerprint density at radius 2 is 1.79 bits per heavy atom. The number of rotatable bonds is 8. The van der Waals surface area contributed by atoms with Crippen molar-refractivity contribution in [3.8, 4) is 11.8 Å². The van der Waals surface area contributed by atoms with Crippen LogP contribution in [0.25, 0.3) is 0 Å². The number of esters is 1. The van der Waals surface area contributed by atoms with E-state index in [9.17, 15) is 18.0 Å². The molecule has 0 aromatic heterocycles. The van der Waals surface area contributed by atoms with Gasteiger partial charge in [0.2, 0.25) is 15.9 Å². The number of nitrogen functional groups attached to an aromatic ring is 1. The van der Waals surface area contributed by atoms with Crippen LogP contribution >= 0.6 is 0 Å². The van der Waals surface area contributed by atoms with Crippen LogP contribution in [0.5, 0.6) is 0 Å². The minimum Gasteiger partial charge on any atom is -0.469 e. The summed E-state index contributed by atoms with van der Waals surface area (Å²) in [6.07, 6.45) is 5.82. The minimum atomic E-state index is -3.78. The summed E-state index contributed by atoms with van der Waals surface area (Å²) < 4.78 is 39.4. The van der Waals surface area contributed by atoms with E-state index in [0.717, 1.165) is 11.1 Å². The van der Waals surface area contributed by atoms with E-state index in [4.69, 9.17) is 10.5 Å². The second kappa shape index (κ2) is 13.3. The van der Waals surface area contributed by atoms with Gasteiger partial charge in [-0.05, 0) is 86.8 Å². The number of nitrogens with two attached hydrogens (primary N) is 1. The molecule has 2 aromatic carbocycles. The lowest BCUT2D eigenvalue weighted by molar-refractivity contribution is -0.146. The van der Waals surface area contributed by atoms with Gasteiger partial charge in [0.1, 0.15) is 0 Å². The van der Waals surface area contributed by atoms with Crippen LogP contribution in [0.1, 0.15) is 61.6 Å². The molecule has 3 N–H and O–H groups in total. The summed E-state index contributed by atoms with van der Waals surface area (Å²) in [6.45, 7) is 1.87. The fraction of sp³-hybridized carbons (Fsp3) is 0.500. The quantitative estimate of drug-likeness (QED) is 0.273. The second-order valence-corrected chi connectivity index (χ2v) is 13.2. The number of carbonyl (C=O) groups excluding carboxylic acids is 2. The summed E-state index contributed by atoms with van der Waals surface area (Å²) in [7, 11) is -2.41. The molecule has 5 rings (SSSR count). The van der Waals surface area contributed by atoms with Gasteiger partial charge in [-0.3, -0.25) is 9.59 Å². The Morgan fingerprint density at radius 3 is 2.45 bits per heavy atom. The number of ether oxygens (including phenoxy) is 2. The Labute approximate surface area is 248 Å². The smallest absolute Gasteiger partial charge is 0.305 e. The van der Waals surface area contributed by atoms with Crippen molar-refractivity contribution in [3.05, 3.63) is 59.2 Å². The molecule has 1 amide bonds. The van der Waals surface area contributed by atoms with Crippen LogP contribution in [0.4, 0.5) is 5.69 Å². The molecule has 0 bridgehead atoms. The van der Waals surface area contributed by atoms with Crippen LogP contribution in [0, 0.1) is 23.7 Å². The lowest BCUT2D eigenvalue weighted by atomic mass is 9.85. The molecule has 3 fully saturated rings. The van der Waals surface area contributed by atoms with Crippen LogP contribution in [0.15, 0.2) is 47.4 Å². The highest BCUT2D eigenvalue weighted by Crippen LogP contribution is 2.38. The third-order valence-electron chi connectivity index (χ3n) is 8.49. The van der Waals surface area contributed by atoms with Gasteiger partial charge in [-0.1, -0.05) is 24.0 Å². The molecular formula is C32H39N3O6S. The number of nitrogens with one attached hydrogen (secondary N) is 1. The predicted molar refractivity (Wildman–Crippen MR) is 159 cm³/mol. The van der Waals surface area contributed by atoms with Crippen LogP contribution in [-0.2, 0) is 35.5 Å². The summed E-state index contributed by atoms with van der Waals surface area (Å²) in [5.74, 6) is 6.53. The molecule has 0 unspecified atom stereocenters. The van der Waals surface area contributed by atoms with E-state index in [1.165, 1.54) is 32.1 Å². The highest BCUT2D eigenvalue weighted by Gasteiger charge is 2.41. The molecule has 2 aliphatic carbocycles. The van der Waals surface area contributed by atoms with Crippen molar-refractivity contribution in [3.63, 3.8) is 0 Å². The van der Waals surface area contributed by atoms with Crippen molar-refractivity contribution in [1.29, 1.82) is 0 Å². The number of amides is 1. The maximum Gasteiger partial charge on any atom is 0.305 e. The molecule has 9 nitrogen and oxygen atoms in total. The van der Waals surface area contributed by atoms with Crippen LogP contribution in [-0.4, -0.2) is 64.1 Å². The van der Waals surface area contributed by atoms with Crippen molar-refractivity contribution in [2.45, 2.75) is 68.3 Å². The van der Waals surface area contributed by atoms with E-state index in [0.29, 0.717) is 69.8 Å². The first-order valence-corrected chi connectivity index (χ1v) is 16.2. The van der Waals surface area contributed by atoms with Gasteiger partial charge in [0, 0.05) is 41.7 Å². The topological polar surface area (TPSA) is 128 Å². The van der Waals surface area contributed by atoms with E-state index in [2.05, 4.69) is 21.3 Å². The largest absolute Gasteiger partial charge is 0.469 e. The Hall–Kier alpha value is -3.39. The van der Waals surface area contributed by atoms with Crippen LogP contribution in [0.2, 0.25) is 0 Å². The Balaban J connectivity index is 1.14. The molecule has 10 heteroatoms. The number of aryl methyl sites for hydroxylation is 1. The van der Waals surface area contributed by atoms with Crippen molar-refractivity contribution in [2.24, 2.45) is 11.8 Å². The second-order valence-electron chi connectivity index (χ2n) is 11.5. The fourth-order valence-corrected chi connectivity index (χ4v) is 7.15. The lowest BCUT2D eigenvalue weighted by Crippen LogP contribution is -2.52.